The van der Waals surface area contributed by atoms with Crippen LogP contribution in [-0.2, 0) is 9.47 Å². The Hall–Kier alpha value is -1.46. The summed E-state index contributed by atoms with van der Waals surface area (Å²) >= 11 is 0. The fourth-order valence-electron chi connectivity index (χ4n) is 2.12. The molecule has 1 saturated heterocycles. The van der Waals surface area contributed by atoms with Crippen LogP contribution in [0.3, 0.4) is 0 Å². The average molecular weight is 224 g/mol. The van der Waals surface area contributed by atoms with E-state index in [0.717, 1.165) is 64.5 Å². The zero-order valence-electron chi connectivity index (χ0n) is 9.26. The lowest BCUT2D eigenvalue weighted by Crippen LogP contribution is -2.50. The van der Waals surface area contributed by atoms with Gasteiger partial charge >= 0.3 is 0 Å². The van der Waals surface area contributed by atoms with Gasteiger partial charge in [0.2, 0.25) is 0 Å². The highest BCUT2D eigenvalue weighted by Crippen LogP contribution is 2.09. The van der Waals surface area contributed by atoms with Crippen LogP contribution >= 0.6 is 0 Å². The van der Waals surface area contributed by atoms with Gasteiger partial charge in [0, 0.05) is 26.2 Å². The van der Waals surface area contributed by atoms with Crippen LogP contribution in [0.25, 0.3) is 0 Å². The molecule has 3 aliphatic heterocycles. The molecular weight excluding hydrogens is 208 g/mol. The van der Waals surface area contributed by atoms with Crippen LogP contribution in [0.1, 0.15) is 0 Å². The number of amidine groups is 2. The highest BCUT2D eigenvalue weighted by Gasteiger charge is 2.25. The molecule has 0 aromatic heterocycles. The predicted octanol–water partition coefficient (Wildman–Crippen LogP) is -0.624. The molecule has 0 aromatic rings. The molecule has 0 unspecified atom stereocenters. The molecule has 0 N–H and O–H groups in total. The number of rotatable bonds is 0. The summed E-state index contributed by atoms with van der Waals surface area (Å²) in [5.41, 5.74) is 0. The van der Waals surface area contributed by atoms with Crippen LogP contribution in [0.5, 0.6) is 0 Å². The van der Waals surface area contributed by atoms with Crippen molar-refractivity contribution in [2.45, 2.75) is 0 Å². The summed E-state index contributed by atoms with van der Waals surface area (Å²) < 4.78 is 10.9. The van der Waals surface area contributed by atoms with Crippen LogP contribution in [0.2, 0.25) is 0 Å². The van der Waals surface area contributed by atoms with Gasteiger partial charge < -0.3 is 19.3 Å². The highest BCUT2D eigenvalue weighted by molar-refractivity contribution is 5.77. The molecule has 3 aliphatic rings. The van der Waals surface area contributed by atoms with Crippen LogP contribution in [0.15, 0.2) is 9.98 Å². The van der Waals surface area contributed by atoms with E-state index >= 15 is 0 Å². The maximum absolute atomic E-state index is 5.45. The molecule has 0 amide bonds. The Morgan fingerprint density at radius 1 is 0.750 bits per heavy atom. The first kappa shape index (κ1) is 9.74. The summed E-state index contributed by atoms with van der Waals surface area (Å²) in [4.78, 5) is 13.0. The Morgan fingerprint density at radius 3 is 1.50 bits per heavy atom. The lowest BCUT2D eigenvalue weighted by Gasteiger charge is -2.35. The third-order valence-electron chi connectivity index (χ3n) is 2.96. The number of nitrogens with zero attached hydrogens (tertiary/aromatic N) is 4. The molecule has 0 aromatic carbocycles. The van der Waals surface area contributed by atoms with Crippen LogP contribution < -0.4 is 0 Å². The number of hydrogen-bond donors (Lipinski definition) is 0. The van der Waals surface area contributed by atoms with Crippen molar-refractivity contribution in [3.05, 3.63) is 0 Å². The lowest BCUT2D eigenvalue weighted by molar-refractivity contribution is 0.179. The van der Waals surface area contributed by atoms with Gasteiger partial charge in [-0.15, -0.1) is 0 Å². The van der Waals surface area contributed by atoms with E-state index in [2.05, 4.69) is 19.8 Å². The van der Waals surface area contributed by atoms with Crippen LogP contribution in [0.4, 0.5) is 0 Å². The van der Waals surface area contributed by atoms with Crippen LogP contribution in [-0.4, -0.2) is 74.3 Å². The van der Waals surface area contributed by atoms with Gasteiger partial charge in [0.05, 0.1) is 13.1 Å². The summed E-state index contributed by atoms with van der Waals surface area (Å²) in [5, 5.41) is 0. The van der Waals surface area contributed by atoms with Gasteiger partial charge in [-0.1, -0.05) is 0 Å². The lowest BCUT2D eigenvalue weighted by atomic mass is 10.3. The Morgan fingerprint density at radius 2 is 1.19 bits per heavy atom. The fourth-order valence-corrected chi connectivity index (χ4v) is 2.12. The van der Waals surface area contributed by atoms with Crippen molar-refractivity contribution >= 4 is 12.0 Å². The van der Waals surface area contributed by atoms with E-state index < -0.39 is 0 Å². The van der Waals surface area contributed by atoms with Crippen molar-refractivity contribution in [1.29, 1.82) is 0 Å². The minimum absolute atomic E-state index is 0.728. The zero-order chi connectivity index (χ0) is 10.8. The second-order valence-electron chi connectivity index (χ2n) is 4.00. The van der Waals surface area contributed by atoms with Crippen molar-refractivity contribution < 1.29 is 9.47 Å². The predicted molar refractivity (Wildman–Crippen MR) is 59.7 cm³/mol. The Labute approximate surface area is 94.5 Å². The van der Waals surface area contributed by atoms with Gasteiger partial charge in [0.25, 0.3) is 12.0 Å². The van der Waals surface area contributed by atoms with E-state index in [9.17, 15) is 0 Å². The third kappa shape index (κ3) is 1.79. The molecule has 0 bridgehead atoms. The molecule has 0 atom stereocenters. The Bertz CT molecular complexity index is 289. The van der Waals surface area contributed by atoms with E-state index in [-0.39, 0.29) is 0 Å². The summed E-state index contributed by atoms with van der Waals surface area (Å²) in [6.07, 6.45) is 0. The van der Waals surface area contributed by atoms with Crippen LogP contribution in [0, 0.1) is 0 Å². The van der Waals surface area contributed by atoms with E-state index in [1.807, 2.05) is 0 Å². The first-order valence-corrected chi connectivity index (χ1v) is 5.78. The molecule has 1 fully saturated rings. The molecular formula is C10H16N4O2. The maximum atomic E-state index is 5.45. The first-order chi connectivity index (χ1) is 7.93. The average Bonchev–Trinajstić information content (AvgIpc) is 3.03. The minimum Gasteiger partial charge on any atom is -0.463 e. The SMILES string of the molecule is C1COC(N2CCN(C3=NCCO3)CC2)=N1. The van der Waals surface area contributed by atoms with Gasteiger partial charge in [-0.2, -0.15) is 0 Å². The van der Waals surface area contributed by atoms with Crippen molar-refractivity contribution in [3.63, 3.8) is 0 Å². The molecule has 6 nitrogen and oxygen atoms in total. The second kappa shape index (κ2) is 4.19. The minimum atomic E-state index is 0.728. The van der Waals surface area contributed by atoms with Crippen molar-refractivity contribution in [2.24, 2.45) is 9.98 Å². The molecule has 0 saturated carbocycles. The number of ether oxygens (including phenoxy) is 2. The topological polar surface area (TPSA) is 49.7 Å². The first-order valence-electron chi connectivity index (χ1n) is 5.78. The number of aliphatic imine (C=N–C) groups is 2. The summed E-state index contributed by atoms with van der Waals surface area (Å²) in [6, 6.07) is 1.63. The maximum Gasteiger partial charge on any atom is 0.287 e. The van der Waals surface area contributed by atoms with E-state index in [0.29, 0.717) is 0 Å². The quantitative estimate of drug-likeness (QED) is 0.550. The monoisotopic (exact) mass is 224 g/mol. The summed E-state index contributed by atoms with van der Waals surface area (Å²) in [6.45, 7) is 6.78. The summed E-state index contributed by atoms with van der Waals surface area (Å²) in [5.74, 6) is 0. The molecule has 0 spiro atoms. The number of piperazine rings is 1. The van der Waals surface area contributed by atoms with Crippen molar-refractivity contribution in [1.82, 2.24) is 9.80 Å². The van der Waals surface area contributed by atoms with Gasteiger partial charge in [0.1, 0.15) is 13.2 Å². The zero-order valence-corrected chi connectivity index (χ0v) is 9.26. The van der Waals surface area contributed by atoms with Gasteiger partial charge in [-0.25, -0.2) is 9.98 Å². The molecule has 0 aliphatic carbocycles. The molecule has 88 valence electrons. The van der Waals surface area contributed by atoms with E-state index in [1.165, 1.54) is 0 Å². The Kier molecular flexibility index (Phi) is 2.55. The standard InChI is InChI=1S/C10H16N4O2/c1-7-15-9(11-1)13-3-5-14(6-4-13)10-12-2-8-16-10/h1-8H2. The normalized spacial score (nSPS) is 25.0. The largest absolute Gasteiger partial charge is 0.463 e. The molecule has 6 heteroatoms. The molecule has 3 rings (SSSR count). The van der Waals surface area contributed by atoms with Gasteiger partial charge in [-0.05, 0) is 0 Å². The molecule has 3 heterocycles. The third-order valence-corrected chi connectivity index (χ3v) is 2.96. The molecule has 0 radical (unpaired) electrons. The van der Waals surface area contributed by atoms with Gasteiger partial charge in [0.15, 0.2) is 0 Å². The van der Waals surface area contributed by atoms with E-state index in [4.69, 9.17) is 9.47 Å². The van der Waals surface area contributed by atoms with Crippen molar-refractivity contribution in [2.75, 3.05) is 52.5 Å². The second-order valence-corrected chi connectivity index (χ2v) is 4.00. The van der Waals surface area contributed by atoms with Crippen molar-refractivity contribution in [3.8, 4) is 0 Å². The van der Waals surface area contributed by atoms with Gasteiger partial charge in [-0.3, -0.25) is 0 Å². The smallest absolute Gasteiger partial charge is 0.287 e. The summed E-state index contributed by atoms with van der Waals surface area (Å²) in [7, 11) is 0. The molecule has 16 heavy (non-hydrogen) atoms. The highest BCUT2D eigenvalue weighted by atomic mass is 16.5. The Balaban J connectivity index is 1.55. The number of hydrogen-bond acceptors (Lipinski definition) is 6. The fraction of sp³-hybridized carbons (Fsp3) is 0.800. The van der Waals surface area contributed by atoms with E-state index in [1.54, 1.807) is 0 Å².